The van der Waals surface area contributed by atoms with Crippen LogP contribution in [0, 0.1) is 22.0 Å². The lowest BCUT2D eigenvalue weighted by atomic mass is 10.1. The second-order valence-corrected chi connectivity index (χ2v) is 2.92. The molecular formula is C7H7NO3. The lowest BCUT2D eigenvalue weighted by Crippen LogP contribution is -2.02. The van der Waals surface area contributed by atoms with Crippen molar-refractivity contribution in [2.24, 2.45) is 11.8 Å². The number of allylic oxidation sites excluding steroid dienone is 3. The fourth-order valence-electron chi connectivity index (χ4n) is 1.38. The molecule has 11 heavy (non-hydrogen) atoms. The lowest BCUT2D eigenvalue weighted by molar-refractivity contribution is -0.419. The van der Waals surface area contributed by atoms with Crippen molar-refractivity contribution in [3.05, 3.63) is 33.7 Å². The number of hydrogen-bond donors (Lipinski definition) is 1. The SMILES string of the molecule is O=[N+]([O-])C1=CC2CC2C(O)=C1. The van der Waals surface area contributed by atoms with Crippen molar-refractivity contribution in [2.45, 2.75) is 6.42 Å². The average Bonchev–Trinajstić information content (AvgIpc) is 2.66. The van der Waals surface area contributed by atoms with Crippen molar-refractivity contribution in [1.82, 2.24) is 0 Å². The fraction of sp³-hybridized carbons (Fsp3) is 0.429. The second-order valence-electron chi connectivity index (χ2n) is 2.92. The number of nitro groups is 1. The summed E-state index contributed by atoms with van der Waals surface area (Å²) in [5.41, 5.74) is 0.0289. The minimum absolute atomic E-state index is 0.0289. The molecule has 0 aliphatic heterocycles. The zero-order valence-electron chi connectivity index (χ0n) is 5.73. The van der Waals surface area contributed by atoms with Crippen molar-refractivity contribution in [3.8, 4) is 0 Å². The van der Waals surface area contributed by atoms with Crippen LogP contribution in [-0.2, 0) is 0 Å². The van der Waals surface area contributed by atoms with Crippen LogP contribution in [-0.4, -0.2) is 10.0 Å². The third kappa shape index (κ3) is 0.906. The molecule has 0 radical (unpaired) electrons. The lowest BCUT2D eigenvalue weighted by Gasteiger charge is -2.00. The van der Waals surface area contributed by atoms with Crippen LogP contribution < -0.4 is 0 Å². The van der Waals surface area contributed by atoms with E-state index in [-0.39, 0.29) is 23.3 Å². The van der Waals surface area contributed by atoms with Gasteiger partial charge in [0.2, 0.25) is 0 Å². The van der Waals surface area contributed by atoms with Crippen LogP contribution in [0.25, 0.3) is 0 Å². The molecule has 2 rings (SSSR count). The third-order valence-corrected chi connectivity index (χ3v) is 2.11. The van der Waals surface area contributed by atoms with Crippen LogP contribution in [0.5, 0.6) is 0 Å². The summed E-state index contributed by atoms with van der Waals surface area (Å²) in [6.07, 6.45) is 3.72. The number of aliphatic hydroxyl groups excluding tert-OH is 1. The molecule has 2 aliphatic carbocycles. The maximum atomic E-state index is 10.2. The van der Waals surface area contributed by atoms with E-state index in [1.54, 1.807) is 6.08 Å². The van der Waals surface area contributed by atoms with E-state index in [0.29, 0.717) is 0 Å². The molecule has 0 amide bonds. The van der Waals surface area contributed by atoms with Gasteiger partial charge in [0.1, 0.15) is 5.76 Å². The van der Waals surface area contributed by atoms with Gasteiger partial charge in [0.15, 0.2) is 0 Å². The van der Waals surface area contributed by atoms with E-state index in [1.165, 1.54) is 6.08 Å². The topological polar surface area (TPSA) is 63.4 Å². The quantitative estimate of drug-likeness (QED) is 0.455. The first kappa shape index (κ1) is 6.39. The smallest absolute Gasteiger partial charge is 0.269 e. The van der Waals surface area contributed by atoms with Crippen LogP contribution in [0.3, 0.4) is 0 Å². The summed E-state index contributed by atoms with van der Waals surface area (Å²) >= 11 is 0. The summed E-state index contributed by atoms with van der Waals surface area (Å²) in [7, 11) is 0. The van der Waals surface area contributed by atoms with E-state index in [1.807, 2.05) is 0 Å². The normalized spacial score (nSPS) is 33.5. The van der Waals surface area contributed by atoms with Crippen molar-refractivity contribution < 1.29 is 10.0 Å². The van der Waals surface area contributed by atoms with Gasteiger partial charge in [0.05, 0.1) is 11.0 Å². The van der Waals surface area contributed by atoms with Crippen molar-refractivity contribution in [2.75, 3.05) is 0 Å². The summed E-state index contributed by atoms with van der Waals surface area (Å²) in [5.74, 6) is 0.572. The van der Waals surface area contributed by atoms with Crippen LogP contribution in [0.1, 0.15) is 6.42 Å². The Hall–Kier alpha value is -1.32. The van der Waals surface area contributed by atoms with Crippen molar-refractivity contribution in [3.63, 3.8) is 0 Å². The highest BCUT2D eigenvalue weighted by Gasteiger charge is 2.43. The zero-order valence-corrected chi connectivity index (χ0v) is 5.73. The van der Waals surface area contributed by atoms with Gasteiger partial charge in [-0.2, -0.15) is 0 Å². The highest BCUT2D eigenvalue weighted by atomic mass is 16.6. The van der Waals surface area contributed by atoms with Gasteiger partial charge >= 0.3 is 0 Å². The minimum Gasteiger partial charge on any atom is -0.512 e. The van der Waals surface area contributed by atoms with E-state index in [4.69, 9.17) is 5.11 Å². The van der Waals surface area contributed by atoms with Gasteiger partial charge in [-0.1, -0.05) is 0 Å². The maximum Gasteiger partial charge on any atom is 0.269 e. The number of hydrogen-bond acceptors (Lipinski definition) is 3. The van der Waals surface area contributed by atoms with Gasteiger partial charge in [-0.25, -0.2) is 0 Å². The Balaban J connectivity index is 2.30. The van der Waals surface area contributed by atoms with E-state index < -0.39 is 4.92 Å². The van der Waals surface area contributed by atoms with Gasteiger partial charge in [0, 0.05) is 5.92 Å². The molecule has 1 saturated carbocycles. The molecule has 58 valence electrons. The molecule has 2 atom stereocenters. The Labute approximate surface area is 63.0 Å². The molecule has 2 aliphatic rings. The second kappa shape index (κ2) is 1.84. The van der Waals surface area contributed by atoms with E-state index in [2.05, 4.69) is 0 Å². The highest BCUT2D eigenvalue weighted by Crippen LogP contribution is 2.47. The molecule has 0 heterocycles. The van der Waals surface area contributed by atoms with Gasteiger partial charge in [-0.05, 0) is 18.4 Å². The van der Waals surface area contributed by atoms with E-state index in [0.717, 1.165) is 6.42 Å². The Morgan fingerprint density at radius 3 is 3.00 bits per heavy atom. The fourth-order valence-corrected chi connectivity index (χ4v) is 1.38. The van der Waals surface area contributed by atoms with Crippen molar-refractivity contribution in [1.29, 1.82) is 0 Å². The Bertz CT molecular complexity index is 279. The van der Waals surface area contributed by atoms with Gasteiger partial charge in [-0.3, -0.25) is 10.1 Å². The summed E-state index contributed by atoms with van der Waals surface area (Å²) in [5, 5.41) is 19.4. The van der Waals surface area contributed by atoms with E-state index in [9.17, 15) is 10.1 Å². The van der Waals surface area contributed by atoms with Crippen LogP contribution in [0.2, 0.25) is 0 Å². The molecule has 4 nitrogen and oxygen atoms in total. The largest absolute Gasteiger partial charge is 0.512 e. The molecule has 0 aromatic rings. The zero-order chi connectivity index (χ0) is 8.01. The maximum absolute atomic E-state index is 10.2. The van der Waals surface area contributed by atoms with Gasteiger partial charge in [-0.15, -0.1) is 0 Å². The first-order chi connectivity index (χ1) is 5.18. The highest BCUT2D eigenvalue weighted by molar-refractivity contribution is 5.29. The first-order valence-corrected chi connectivity index (χ1v) is 3.45. The summed E-state index contributed by atoms with van der Waals surface area (Å²) in [6.45, 7) is 0. The third-order valence-electron chi connectivity index (χ3n) is 2.11. The molecule has 0 aromatic carbocycles. The number of nitrogens with zero attached hydrogens (tertiary/aromatic N) is 1. The Kier molecular flexibility index (Phi) is 1.07. The Morgan fingerprint density at radius 1 is 1.73 bits per heavy atom. The minimum atomic E-state index is -0.467. The molecule has 1 N–H and O–H groups in total. The number of fused-ring (bicyclic) bond motifs is 1. The molecular weight excluding hydrogens is 146 g/mol. The van der Waals surface area contributed by atoms with Crippen LogP contribution in [0.15, 0.2) is 23.6 Å². The molecule has 0 bridgehead atoms. The molecule has 0 saturated heterocycles. The number of aliphatic hydroxyl groups is 1. The molecule has 2 unspecified atom stereocenters. The molecule has 0 spiro atoms. The predicted molar refractivity (Wildman–Crippen MR) is 37.4 cm³/mol. The average molecular weight is 153 g/mol. The first-order valence-electron chi connectivity index (χ1n) is 3.45. The molecule has 4 heteroatoms. The predicted octanol–water partition coefficient (Wildman–Crippen LogP) is 1.24. The van der Waals surface area contributed by atoms with Crippen LogP contribution >= 0.6 is 0 Å². The monoisotopic (exact) mass is 153 g/mol. The van der Waals surface area contributed by atoms with Gasteiger partial charge < -0.3 is 5.11 Å². The number of rotatable bonds is 1. The Morgan fingerprint density at radius 2 is 2.45 bits per heavy atom. The van der Waals surface area contributed by atoms with E-state index >= 15 is 0 Å². The molecule has 0 aromatic heterocycles. The summed E-state index contributed by atoms with van der Waals surface area (Å²) in [6, 6.07) is 0. The van der Waals surface area contributed by atoms with Crippen molar-refractivity contribution >= 4 is 0 Å². The van der Waals surface area contributed by atoms with Gasteiger partial charge in [0.25, 0.3) is 5.70 Å². The summed E-state index contributed by atoms with van der Waals surface area (Å²) < 4.78 is 0. The standard InChI is InChI=1S/C7H7NO3/c9-7-3-5(8(10)11)1-4-2-6(4)7/h1,3-4,6,9H,2H2. The van der Waals surface area contributed by atoms with Crippen LogP contribution in [0.4, 0.5) is 0 Å². The summed E-state index contributed by atoms with van der Waals surface area (Å²) in [4.78, 5) is 9.78. The molecule has 1 fully saturated rings.